The molecule has 1 saturated heterocycles. The molecule has 0 radical (unpaired) electrons. The highest BCUT2D eigenvalue weighted by Gasteiger charge is 2.27. The molecule has 6 heteroatoms. The zero-order valence-corrected chi connectivity index (χ0v) is 12.5. The van der Waals surface area contributed by atoms with E-state index in [0.29, 0.717) is 18.0 Å². The fraction of sp³-hybridized carbons (Fsp3) is 0.467. The van der Waals surface area contributed by atoms with Crippen molar-refractivity contribution in [2.45, 2.75) is 18.9 Å². The Bertz CT molecular complexity index is 525. The minimum absolute atomic E-state index is 0.0706. The van der Waals surface area contributed by atoms with Crippen molar-refractivity contribution in [3.8, 4) is 0 Å². The summed E-state index contributed by atoms with van der Waals surface area (Å²) in [4.78, 5) is 16.4. The minimum Gasteiger partial charge on any atom is -0.409 e. The lowest BCUT2D eigenvalue weighted by Gasteiger charge is -2.20. The number of amides is 1. The van der Waals surface area contributed by atoms with E-state index in [2.05, 4.69) is 10.1 Å². The summed E-state index contributed by atoms with van der Waals surface area (Å²) in [7, 11) is 4.09. The zero-order valence-electron chi connectivity index (χ0n) is 12.5. The van der Waals surface area contributed by atoms with Gasteiger partial charge in [0.1, 0.15) is 0 Å². The van der Waals surface area contributed by atoms with Crippen molar-refractivity contribution in [3.05, 3.63) is 35.4 Å². The van der Waals surface area contributed by atoms with Gasteiger partial charge in [-0.3, -0.25) is 4.79 Å². The number of benzene rings is 1. The first-order valence-electron chi connectivity index (χ1n) is 7.02. The number of carbonyl (C=O) groups is 1. The lowest BCUT2D eigenvalue weighted by Crippen LogP contribution is -2.35. The number of likely N-dealkylation sites (tertiary alicyclic amines) is 1. The van der Waals surface area contributed by atoms with Gasteiger partial charge in [-0.2, -0.15) is 0 Å². The van der Waals surface area contributed by atoms with Crippen LogP contribution in [0.4, 0.5) is 0 Å². The van der Waals surface area contributed by atoms with Crippen LogP contribution < -0.4 is 5.73 Å². The van der Waals surface area contributed by atoms with Crippen molar-refractivity contribution in [3.63, 3.8) is 0 Å². The van der Waals surface area contributed by atoms with E-state index >= 15 is 0 Å². The third-order valence-corrected chi connectivity index (χ3v) is 3.96. The number of nitrogens with two attached hydrogens (primary N) is 1. The Hall–Kier alpha value is -2.08. The van der Waals surface area contributed by atoms with Crippen molar-refractivity contribution < 1.29 is 10.0 Å². The average Bonchev–Trinajstić information content (AvgIpc) is 2.97. The number of carbonyl (C=O) groups excluding carboxylic acids is 1. The Labute approximate surface area is 124 Å². The summed E-state index contributed by atoms with van der Waals surface area (Å²) in [5, 5.41) is 11.6. The predicted molar refractivity (Wildman–Crippen MR) is 81.3 cm³/mol. The van der Waals surface area contributed by atoms with Crippen LogP contribution >= 0.6 is 0 Å². The first kappa shape index (κ1) is 15.3. The quantitative estimate of drug-likeness (QED) is 0.366. The van der Waals surface area contributed by atoms with E-state index in [1.165, 1.54) is 0 Å². The third kappa shape index (κ3) is 3.72. The van der Waals surface area contributed by atoms with Crippen LogP contribution in [0.2, 0.25) is 0 Å². The van der Waals surface area contributed by atoms with Gasteiger partial charge in [0.15, 0.2) is 5.84 Å². The van der Waals surface area contributed by atoms with Gasteiger partial charge in [-0.05, 0) is 26.1 Å². The molecule has 1 amide bonds. The number of likely N-dealkylation sites (N-methyl/N-ethyl adjacent to an activating group) is 1. The number of nitrogens with zero attached hydrogens (tertiary/aromatic N) is 3. The fourth-order valence-electron chi connectivity index (χ4n) is 2.53. The monoisotopic (exact) mass is 290 g/mol. The molecule has 1 aliphatic heterocycles. The van der Waals surface area contributed by atoms with Crippen LogP contribution in [-0.4, -0.2) is 60.0 Å². The van der Waals surface area contributed by atoms with E-state index in [1.54, 1.807) is 12.1 Å². The molecule has 1 unspecified atom stereocenters. The topological polar surface area (TPSA) is 82.2 Å². The number of hydrogen-bond acceptors (Lipinski definition) is 4. The number of hydrogen-bond donors (Lipinski definition) is 2. The molecule has 1 aromatic rings. The second kappa shape index (κ2) is 6.58. The molecule has 1 fully saturated rings. The van der Waals surface area contributed by atoms with Gasteiger partial charge < -0.3 is 20.7 Å². The summed E-state index contributed by atoms with van der Waals surface area (Å²) in [6.07, 6.45) is 1.41. The van der Waals surface area contributed by atoms with Crippen molar-refractivity contribution >= 4 is 11.7 Å². The first-order valence-corrected chi connectivity index (χ1v) is 7.02. The van der Waals surface area contributed by atoms with Crippen LogP contribution in [0, 0.1) is 0 Å². The molecule has 1 atom stereocenters. The van der Waals surface area contributed by atoms with Gasteiger partial charge in [0, 0.05) is 24.7 Å². The Morgan fingerprint density at radius 1 is 1.43 bits per heavy atom. The molecule has 1 heterocycles. The predicted octanol–water partition coefficient (Wildman–Crippen LogP) is 0.486. The molecule has 21 heavy (non-hydrogen) atoms. The molecule has 0 aromatic heterocycles. The highest BCUT2D eigenvalue weighted by Crippen LogP contribution is 2.15. The number of amidine groups is 1. The molecule has 1 aromatic carbocycles. The molecule has 0 aliphatic carbocycles. The maximum absolute atomic E-state index is 12.3. The first-order chi connectivity index (χ1) is 10.0. The summed E-state index contributed by atoms with van der Waals surface area (Å²) < 4.78 is 0. The van der Waals surface area contributed by atoms with Crippen LogP contribution in [0.15, 0.2) is 29.4 Å². The summed E-state index contributed by atoms with van der Waals surface area (Å²) in [6, 6.07) is 7.64. The molecule has 1 aliphatic rings. The molecule has 0 saturated carbocycles. The molecule has 3 N–H and O–H groups in total. The average molecular weight is 290 g/mol. The van der Waals surface area contributed by atoms with Crippen LogP contribution in [-0.2, 0) is 11.2 Å². The van der Waals surface area contributed by atoms with E-state index in [0.717, 1.165) is 25.1 Å². The van der Waals surface area contributed by atoms with Gasteiger partial charge in [0.05, 0.1) is 6.42 Å². The Morgan fingerprint density at radius 3 is 2.62 bits per heavy atom. The summed E-state index contributed by atoms with van der Waals surface area (Å²) in [6.45, 7) is 1.62. The molecule has 2 rings (SSSR count). The molecular formula is C15H22N4O2. The number of oxime groups is 1. The second-order valence-corrected chi connectivity index (χ2v) is 5.60. The smallest absolute Gasteiger partial charge is 0.227 e. The highest BCUT2D eigenvalue weighted by atomic mass is 16.4. The Kier molecular flexibility index (Phi) is 4.80. The summed E-state index contributed by atoms with van der Waals surface area (Å²) in [5.41, 5.74) is 7.08. The number of rotatable bonds is 4. The van der Waals surface area contributed by atoms with Gasteiger partial charge in [-0.25, -0.2) is 0 Å². The minimum atomic E-state index is 0.0706. The van der Waals surface area contributed by atoms with Gasteiger partial charge in [-0.1, -0.05) is 29.4 Å². The fourth-order valence-corrected chi connectivity index (χ4v) is 2.53. The third-order valence-electron chi connectivity index (χ3n) is 3.96. The molecule has 6 nitrogen and oxygen atoms in total. The highest BCUT2D eigenvalue weighted by molar-refractivity contribution is 5.97. The van der Waals surface area contributed by atoms with E-state index in [4.69, 9.17) is 10.9 Å². The lowest BCUT2D eigenvalue weighted by atomic mass is 10.1. The molecule has 0 bridgehead atoms. The van der Waals surface area contributed by atoms with Crippen LogP contribution in [0.5, 0.6) is 0 Å². The van der Waals surface area contributed by atoms with E-state index in [9.17, 15) is 4.79 Å². The van der Waals surface area contributed by atoms with Crippen molar-refractivity contribution in [1.82, 2.24) is 9.80 Å². The van der Waals surface area contributed by atoms with E-state index in [-0.39, 0.29) is 11.7 Å². The van der Waals surface area contributed by atoms with Crippen molar-refractivity contribution in [2.24, 2.45) is 10.9 Å². The summed E-state index contributed by atoms with van der Waals surface area (Å²) in [5.74, 6) is 0.220. The largest absolute Gasteiger partial charge is 0.409 e. The normalized spacial score (nSPS) is 19.3. The van der Waals surface area contributed by atoms with E-state index in [1.807, 2.05) is 31.1 Å². The maximum atomic E-state index is 12.3. The molecular weight excluding hydrogens is 268 g/mol. The standard InChI is InChI=1S/C15H22N4O2/c1-18(2)13-7-8-19(10-13)14(20)9-11-3-5-12(6-4-11)15(16)17-21/h3-6,13,21H,7-10H2,1-2H3,(H2,16,17). The van der Waals surface area contributed by atoms with Gasteiger partial charge in [0.2, 0.25) is 5.91 Å². The SMILES string of the molecule is CN(C)C1CCN(C(=O)Cc2ccc(C(N)=NO)cc2)C1. The van der Waals surface area contributed by atoms with Crippen molar-refractivity contribution in [2.75, 3.05) is 27.2 Å². The van der Waals surface area contributed by atoms with Crippen LogP contribution in [0.3, 0.4) is 0 Å². The Morgan fingerprint density at radius 2 is 2.10 bits per heavy atom. The summed E-state index contributed by atoms with van der Waals surface area (Å²) >= 11 is 0. The van der Waals surface area contributed by atoms with Crippen LogP contribution in [0.25, 0.3) is 0 Å². The molecule has 114 valence electrons. The molecule has 0 spiro atoms. The zero-order chi connectivity index (χ0) is 15.4. The van der Waals surface area contributed by atoms with Gasteiger partial charge in [0.25, 0.3) is 0 Å². The van der Waals surface area contributed by atoms with Crippen LogP contribution in [0.1, 0.15) is 17.5 Å². The van der Waals surface area contributed by atoms with Gasteiger partial charge >= 0.3 is 0 Å². The maximum Gasteiger partial charge on any atom is 0.227 e. The Balaban J connectivity index is 1.94. The van der Waals surface area contributed by atoms with Crippen molar-refractivity contribution in [1.29, 1.82) is 0 Å². The second-order valence-electron chi connectivity index (χ2n) is 5.60. The lowest BCUT2D eigenvalue weighted by molar-refractivity contribution is -0.129. The van der Waals surface area contributed by atoms with E-state index < -0.39 is 0 Å². The van der Waals surface area contributed by atoms with Gasteiger partial charge in [-0.15, -0.1) is 0 Å².